The van der Waals surface area contributed by atoms with E-state index in [0.29, 0.717) is 11.4 Å². The minimum absolute atomic E-state index is 0.0118. The lowest BCUT2D eigenvalue weighted by Crippen LogP contribution is -2.34. The van der Waals surface area contributed by atoms with Gasteiger partial charge in [0.1, 0.15) is 16.0 Å². The fourth-order valence-corrected chi connectivity index (χ4v) is 5.56. The molecule has 2 aromatic rings. The van der Waals surface area contributed by atoms with Crippen LogP contribution in [0, 0.1) is 10.4 Å². The number of fused-ring (bicyclic) bond motifs is 1. The van der Waals surface area contributed by atoms with Crippen molar-refractivity contribution in [1.29, 1.82) is 0 Å². The van der Waals surface area contributed by atoms with Crippen LogP contribution in [0.5, 0.6) is 5.75 Å². The second-order valence-corrected chi connectivity index (χ2v) is 10.4. The van der Waals surface area contributed by atoms with Gasteiger partial charge in [0, 0.05) is 10.8 Å². The van der Waals surface area contributed by atoms with Crippen LogP contribution in [-0.4, -0.2) is 26.1 Å². The van der Waals surface area contributed by atoms with Gasteiger partial charge in [-0.1, -0.05) is 55.7 Å². The number of anilines is 1. The van der Waals surface area contributed by atoms with Crippen LogP contribution in [0.4, 0.5) is 5.69 Å². The van der Waals surface area contributed by atoms with Crippen molar-refractivity contribution >= 4 is 26.6 Å². The van der Waals surface area contributed by atoms with Gasteiger partial charge in [-0.05, 0) is 31.0 Å². The third-order valence-corrected chi connectivity index (χ3v) is 7.55. The summed E-state index contributed by atoms with van der Waals surface area (Å²) in [5, 5.41) is 4.05. The zero-order valence-corrected chi connectivity index (χ0v) is 20.9. The van der Waals surface area contributed by atoms with E-state index in [0.717, 1.165) is 38.2 Å². The van der Waals surface area contributed by atoms with Crippen LogP contribution < -0.4 is 31.7 Å². The number of ether oxygens (including phenoxy) is 1. The van der Waals surface area contributed by atoms with Crippen molar-refractivity contribution in [2.75, 3.05) is 12.5 Å². The van der Waals surface area contributed by atoms with E-state index in [9.17, 15) is 22.6 Å². The lowest BCUT2D eigenvalue weighted by molar-refractivity contribution is 0.416. The number of hydrogen-bond donors (Lipinski definition) is 2. The molecule has 0 spiro atoms. The smallest absolute Gasteiger partial charge is 0.296 e. The molecule has 190 valence electrons. The van der Waals surface area contributed by atoms with Gasteiger partial charge >= 0.3 is 0 Å². The van der Waals surface area contributed by atoms with Crippen molar-refractivity contribution in [3.8, 4) is 5.75 Å². The quantitative estimate of drug-likeness (QED) is 0.306. The summed E-state index contributed by atoms with van der Waals surface area (Å²) in [5.74, 6) is 0.421. The highest BCUT2D eigenvalue weighted by molar-refractivity contribution is 7.85. The zero-order valence-electron chi connectivity index (χ0n) is 20.1. The zero-order chi connectivity index (χ0) is 26.2. The first-order chi connectivity index (χ1) is 17.8. The highest BCUT2D eigenvalue weighted by Gasteiger charge is 2.21. The Morgan fingerprint density at radius 3 is 2.19 bits per heavy atom. The van der Waals surface area contributed by atoms with Crippen molar-refractivity contribution in [1.82, 2.24) is 0 Å². The van der Waals surface area contributed by atoms with E-state index in [1.807, 2.05) is 0 Å². The molecule has 0 aliphatic heterocycles. The van der Waals surface area contributed by atoms with Crippen molar-refractivity contribution in [2.24, 2.45) is 10.1 Å². The summed E-state index contributed by atoms with van der Waals surface area (Å²) in [4.78, 5) is 31.6. The standard InChI is InChI=1S/C27H25N3O6S/c1-36-21-14-8-7-13-19(21)29-30-25-22(37(33,34)35)15-20(28-16-9-3-2-4-10-16)23-24(25)27(32)18-12-6-5-11-17(18)26(23)31/h5-8,11-16,29H,2-4,9-10H2,1H3,(H,33,34,35)/b28-20?,30-25+. The van der Waals surface area contributed by atoms with Gasteiger partial charge in [0.25, 0.3) is 10.1 Å². The molecule has 37 heavy (non-hydrogen) atoms. The molecule has 10 heteroatoms. The van der Waals surface area contributed by atoms with E-state index in [1.165, 1.54) is 13.2 Å². The molecule has 0 atom stereocenters. The Labute approximate surface area is 211 Å². The minimum Gasteiger partial charge on any atom is -0.495 e. The molecule has 0 unspecified atom stereocenters. The summed E-state index contributed by atoms with van der Waals surface area (Å²) in [5.41, 5.74) is 2.11. The highest BCUT2D eigenvalue weighted by atomic mass is 32.2. The lowest BCUT2D eigenvalue weighted by Gasteiger charge is -2.17. The maximum atomic E-state index is 13.7. The molecule has 5 rings (SSSR count). The third-order valence-electron chi connectivity index (χ3n) is 6.68. The van der Waals surface area contributed by atoms with Crippen LogP contribution in [0.15, 0.2) is 79.2 Å². The van der Waals surface area contributed by atoms with Crippen LogP contribution in [0.3, 0.4) is 0 Å². The summed E-state index contributed by atoms with van der Waals surface area (Å²) >= 11 is 0. The summed E-state index contributed by atoms with van der Waals surface area (Å²) in [7, 11) is -3.39. The van der Waals surface area contributed by atoms with Crippen LogP contribution in [-0.2, 0) is 10.1 Å². The Balaban J connectivity index is 1.98. The molecule has 2 aromatic carbocycles. The molecule has 0 amide bonds. The van der Waals surface area contributed by atoms with E-state index in [2.05, 4.69) is 10.5 Å². The second kappa shape index (κ2) is 9.87. The number of methoxy groups -OCH3 is 1. The van der Waals surface area contributed by atoms with Gasteiger partial charge in [-0.3, -0.25) is 24.6 Å². The fraction of sp³-hybridized carbons (Fsp3) is 0.259. The Morgan fingerprint density at radius 2 is 1.54 bits per heavy atom. The lowest BCUT2D eigenvalue weighted by atomic mass is 9.96. The van der Waals surface area contributed by atoms with E-state index >= 15 is 0 Å². The Kier molecular flexibility index (Phi) is 6.61. The number of hydrogen-bond acceptors (Lipinski definition) is 8. The molecule has 3 aliphatic carbocycles. The molecule has 0 aromatic heterocycles. The molecular weight excluding hydrogens is 494 g/mol. The van der Waals surface area contributed by atoms with Crippen molar-refractivity contribution in [3.63, 3.8) is 0 Å². The van der Waals surface area contributed by atoms with Gasteiger partial charge in [-0.15, -0.1) is 0 Å². The minimum atomic E-state index is -4.86. The maximum absolute atomic E-state index is 13.7. The van der Waals surface area contributed by atoms with Crippen LogP contribution in [0.2, 0.25) is 0 Å². The average Bonchev–Trinajstić information content (AvgIpc) is 2.90. The molecule has 0 radical (unpaired) electrons. The molecule has 9 nitrogen and oxygen atoms in total. The molecule has 3 aliphatic rings. The van der Waals surface area contributed by atoms with Gasteiger partial charge in [0.15, 0.2) is 10.9 Å². The number of nitrogens with one attached hydrogen (secondary N) is 1. The summed E-state index contributed by atoms with van der Waals surface area (Å²) in [6.07, 6.45) is 4.59. The number of para-hydroxylation sites is 2. The maximum Gasteiger partial charge on any atom is 0.296 e. The second-order valence-electron chi connectivity index (χ2n) is 9.02. The summed E-state index contributed by atoms with van der Waals surface area (Å²) < 4.78 is 40.6. The highest BCUT2D eigenvalue weighted by Crippen LogP contribution is 2.23. The van der Waals surface area contributed by atoms with Crippen LogP contribution in [0.1, 0.15) is 32.1 Å². The monoisotopic (exact) mass is 519 g/mol. The van der Waals surface area contributed by atoms with E-state index < -0.39 is 25.9 Å². The molecule has 0 saturated heterocycles. The van der Waals surface area contributed by atoms with E-state index in [1.54, 1.807) is 42.5 Å². The molecular formula is C27H25N3O6S. The Bertz CT molecular complexity index is 1900. The normalized spacial score (nSPS) is 15.9. The first-order valence-corrected chi connectivity index (χ1v) is 13.4. The van der Waals surface area contributed by atoms with Crippen LogP contribution >= 0.6 is 0 Å². The summed E-state index contributed by atoms with van der Waals surface area (Å²) in [6, 6.07) is 14.2. The van der Waals surface area contributed by atoms with Gasteiger partial charge in [-0.25, -0.2) is 0 Å². The van der Waals surface area contributed by atoms with Gasteiger partial charge in [-0.2, -0.15) is 13.5 Å². The fourth-order valence-electron chi connectivity index (χ4n) is 4.90. The third kappa shape index (κ3) is 4.65. The topological polar surface area (TPSA) is 134 Å². The van der Waals surface area contributed by atoms with Gasteiger partial charge in [0.05, 0.1) is 34.6 Å². The summed E-state index contributed by atoms with van der Waals surface area (Å²) in [6.45, 7) is 0. The molecule has 2 N–H and O–H groups in total. The molecule has 0 heterocycles. The largest absolute Gasteiger partial charge is 0.495 e. The van der Waals surface area contributed by atoms with Gasteiger partial charge < -0.3 is 4.74 Å². The Morgan fingerprint density at radius 1 is 0.919 bits per heavy atom. The van der Waals surface area contributed by atoms with Gasteiger partial charge in [0.2, 0.25) is 0 Å². The van der Waals surface area contributed by atoms with E-state index in [4.69, 9.17) is 9.73 Å². The van der Waals surface area contributed by atoms with Crippen molar-refractivity contribution in [3.05, 3.63) is 96.2 Å². The number of rotatable bonds is 5. The molecule has 1 fully saturated rings. The van der Waals surface area contributed by atoms with E-state index in [-0.39, 0.29) is 38.0 Å². The number of nitrogens with zero attached hydrogens (tertiary/aromatic N) is 2. The predicted molar refractivity (Wildman–Crippen MR) is 139 cm³/mol. The first kappa shape index (κ1) is 24.8. The first-order valence-electron chi connectivity index (χ1n) is 12.0. The van der Waals surface area contributed by atoms with Crippen molar-refractivity contribution in [2.45, 2.75) is 43.0 Å². The molecule has 0 bridgehead atoms. The number of benzene rings is 2. The Hall–Kier alpha value is -3.89. The SMILES string of the molecule is COc1ccccc1N/N=c1\c(S(=O)(=O)O)cc(=NC2CCCCC2)c2c(=O)c3ccccc3c(=O)c1=2. The van der Waals surface area contributed by atoms with Crippen LogP contribution in [0.25, 0.3) is 10.8 Å². The average molecular weight is 520 g/mol. The van der Waals surface area contributed by atoms with Crippen molar-refractivity contribution < 1.29 is 17.7 Å². The predicted octanol–water partition coefficient (Wildman–Crippen LogP) is 2.58. The molecule has 1 saturated carbocycles.